The number of benzene rings is 2. The minimum Gasteiger partial charge on any atom is -0.492 e. The van der Waals surface area contributed by atoms with Gasteiger partial charge in [0.25, 0.3) is 0 Å². The molecule has 0 saturated heterocycles. The van der Waals surface area contributed by atoms with Crippen molar-refractivity contribution in [2.24, 2.45) is 0 Å². The van der Waals surface area contributed by atoms with Crippen molar-refractivity contribution in [2.75, 3.05) is 20.8 Å². The van der Waals surface area contributed by atoms with Crippen molar-refractivity contribution in [1.29, 1.82) is 0 Å². The molecule has 36 heavy (non-hydrogen) atoms. The summed E-state index contributed by atoms with van der Waals surface area (Å²) in [4.78, 5) is 15.8. The lowest BCUT2D eigenvalue weighted by atomic mass is 9.92. The molecular weight excluding hydrogens is 475 g/mol. The summed E-state index contributed by atoms with van der Waals surface area (Å²) >= 11 is 0. The zero-order chi connectivity index (χ0) is 25.4. The summed E-state index contributed by atoms with van der Waals surface area (Å²) in [5.74, 6) is 1.12. The van der Waals surface area contributed by atoms with Crippen LogP contribution in [0.3, 0.4) is 0 Å². The van der Waals surface area contributed by atoms with Crippen LogP contribution in [0.25, 0.3) is 11.1 Å². The summed E-state index contributed by atoms with van der Waals surface area (Å²) in [6.07, 6.45) is -2.31. The molecule has 0 radical (unpaired) electrons. The number of nitrogens with zero attached hydrogens (tertiary/aromatic N) is 1. The van der Waals surface area contributed by atoms with E-state index in [1.54, 1.807) is 24.3 Å². The first kappa shape index (κ1) is 24.0. The highest BCUT2D eigenvalue weighted by Gasteiger charge is 2.38. The molecule has 0 amide bonds. The number of methoxy groups -OCH3 is 2. The van der Waals surface area contributed by atoms with Crippen LogP contribution in [0.4, 0.5) is 13.2 Å². The van der Waals surface area contributed by atoms with Crippen LogP contribution in [0.5, 0.6) is 17.4 Å². The lowest BCUT2D eigenvalue weighted by Gasteiger charge is -2.19. The van der Waals surface area contributed by atoms with Gasteiger partial charge in [0.05, 0.1) is 32.8 Å². The van der Waals surface area contributed by atoms with E-state index in [1.165, 1.54) is 26.5 Å². The van der Waals surface area contributed by atoms with Crippen molar-refractivity contribution >= 4 is 5.97 Å². The summed E-state index contributed by atoms with van der Waals surface area (Å²) in [5, 5.41) is 0. The number of hydrogen-bond donors (Lipinski definition) is 0. The number of alkyl halides is 3. The molecule has 3 aromatic rings. The van der Waals surface area contributed by atoms with Crippen LogP contribution in [0, 0.1) is 0 Å². The Bertz CT molecular complexity index is 1290. The number of pyridine rings is 1. The number of halogens is 3. The molecule has 0 bridgehead atoms. The first-order chi connectivity index (χ1) is 17.3. The van der Waals surface area contributed by atoms with Gasteiger partial charge in [0.2, 0.25) is 5.88 Å². The number of rotatable bonds is 6. The molecule has 0 fully saturated rings. The second kappa shape index (κ2) is 9.37. The van der Waals surface area contributed by atoms with E-state index in [1.807, 2.05) is 6.07 Å². The largest absolute Gasteiger partial charge is 0.492 e. The van der Waals surface area contributed by atoms with Crippen LogP contribution in [0.1, 0.15) is 47.1 Å². The molecule has 2 heterocycles. The maximum Gasteiger partial charge on any atom is 0.417 e. The fraction of sp³-hybridized carbons (Fsp3) is 0.333. The number of esters is 1. The highest BCUT2D eigenvalue weighted by atomic mass is 19.4. The molecule has 2 aromatic carbocycles. The Balaban J connectivity index is 1.44. The third-order valence-electron chi connectivity index (χ3n) is 6.68. The summed E-state index contributed by atoms with van der Waals surface area (Å²) in [7, 11) is 2.80. The van der Waals surface area contributed by atoms with Crippen LogP contribution in [0.2, 0.25) is 0 Å². The van der Waals surface area contributed by atoms with Gasteiger partial charge in [-0.05, 0) is 47.7 Å². The van der Waals surface area contributed by atoms with Crippen LogP contribution in [-0.2, 0) is 22.1 Å². The van der Waals surface area contributed by atoms with Crippen molar-refractivity contribution in [3.8, 4) is 28.5 Å². The Morgan fingerprint density at radius 2 is 1.92 bits per heavy atom. The summed E-state index contributed by atoms with van der Waals surface area (Å²) in [6, 6.07) is 11.2. The average Bonchev–Trinajstić information content (AvgIpc) is 3.46. The standard InChI is InChI=1S/C27H24F3NO5/c1-33-24-10-3-15(13-31-24)26-20-7-9-22(19(20)6-8-21(26)27(28,29)30)36-17-4-5-18-16(11-25(32)34-2)14-35-23(18)12-17/h3-6,8,10,12-13,16,22H,7,9,11,14H2,1-2H3/t16-,22-/m1/s1. The number of aromatic nitrogens is 1. The van der Waals surface area contributed by atoms with Gasteiger partial charge in [-0.25, -0.2) is 4.98 Å². The fourth-order valence-electron chi connectivity index (χ4n) is 4.95. The number of carbonyl (C=O) groups is 1. The van der Waals surface area contributed by atoms with E-state index in [0.717, 1.165) is 17.2 Å². The smallest absolute Gasteiger partial charge is 0.417 e. The van der Waals surface area contributed by atoms with Gasteiger partial charge in [-0.2, -0.15) is 13.2 Å². The zero-order valence-corrected chi connectivity index (χ0v) is 19.7. The van der Waals surface area contributed by atoms with Crippen LogP contribution in [0.15, 0.2) is 48.7 Å². The Hall–Kier alpha value is -3.75. The third kappa shape index (κ3) is 4.45. The molecule has 9 heteroatoms. The van der Waals surface area contributed by atoms with Crippen LogP contribution < -0.4 is 14.2 Å². The molecule has 1 aromatic heterocycles. The van der Waals surface area contributed by atoms with E-state index in [-0.39, 0.29) is 23.9 Å². The van der Waals surface area contributed by atoms with Gasteiger partial charge in [0.1, 0.15) is 17.6 Å². The molecule has 6 nitrogen and oxygen atoms in total. The lowest BCUT2D eigenvalue weighted by Crippen LogP contribution is -2.10. The van der Waals surface area contributed by atoms with Crippen LogP contribution in [-0.4, -0.2) is 31.8 Å². The zero-order valence-electron chi connectivity index (χ0n) is 19.7. The number of fused-ring (bicyclic) bond motifs is 2. The van der Waals surface area contributed by atoms with Gasteiger partial charge in [0.15, 0.2) is 0 Å². The highest BCUT2D eigenvalue weighted by molar-refractivity contribution is 5.74. The molecule has 0 unspecified atom stereocenters. The molecule has 5 rings (SSSR count). The van der Waals surface area contributed by atoms with E-state index in [0.29, 0.717) is 48.0 Å². The lowest BCUT2D eigenvalue weighted by molar-refractivity contribution is -0.141. The summed E-state index contributed by atoms with van der Waals surface area (Å²) in [6.45, 7) is 0.375. The molecule has 2 aliphatic rings. The van der Waals surface area contributed by atoms with Gasteiger partial charge >= 0.3 is 12.1 Å². The molecule has 1 aliphatic heterocycles. The second-order valence-corrected chi connectivity index (χ2v) is 8.78. The SMILES string of the molecule is COC(=O)C[C@@H]1COc2cc(O[C@@H]3CCc4c3ccc(C(F)(F)F)c4-c3ccc(OC)nc3)ccc21. The Kier molecular flexibility index (Phi) is 6.24. The number of hydrogen-bond acceptors (Lipinski definition) is 6. The molecule has 2 atom stereocenters. The number of ether oxygens (including phenoxy) is 4. The van der Waals surface area contributed by atoms with Gasteiger partial charge in [-0.1, -0.05) is 12.1 Å². The Morgan fingerprint density at radius 1 is 1.11 bits per heavy atom. The maximum absolute atomic E-state index is 13.9. The van der Waals surface area contributed by atoms with Gasteiger partial charge < -0.3 is 18.9 Å². The summed E-state index contributed by atoms with van der Waals surface area (Å²) < 4.78 is 63.6. The van der Waals surface area contributed by atoms with Gasteiger partial charge in [-0.3, -0.25) is 4.79 Å². The average molecular weight is 499 g/mol. The minimum absolute atomic E-state index is 0.0878. The first-order valence-electron chi connectivity index (χ1n) is 11.5. The van der Waals surface area contributed by atoms with Crippen LogP contribution >= 0.6 is 0 Å². The van der Waals surface area contributed by atoms with Crippen molar-refractivity contribution in [2.45, 2.75) is 37.5 Å². The van der Waals surface area contributed by atoms with Crippen molar-refractivity contribution in [3.63, 3.8) is 0 Å². The molecule has 1 aliphatic carbocycles. The molecule has 0 N–H and O–H groups in total. The molecule has 0 saturated carbocycles. The highest BCUT2D eigenvalue weighted by Crippen LogP contribution is 2.47. The van der Waals surface area contributed by atoms with E-state index in [4.69, 9.17) is 18.9 Å². The fourth-order valence-corrected chi connectivity index (χ4v) is 4.95. The summed E-state index contributed by atoms with van der Waals surface area (Å²) in [5.41, 5.74) is 2.05. The maximum atomic E-state index is 13.9. The minimum atomic E-state index is -4.51. The Labute approximate surface area is 206 Å². The number of carbonyl (C=O) groups excluding carboxylic acids is 1. The second-order valence-electron chi connectivity index (χ2n) is 8.78. The van der Waals surface area contributed by atoms with Crippen molar-refractivity contribution < 1.29 is 36.9 Å². The van der Waals surface area contributed by atoms with E-state index < -0.39 is 17.8 Å². The normalized spacial score (nSPS) is 18.2. The predicted octanol–water partition coefficient (Wildman–Crippen LogP) is 5.88. The van der Waals surface area contributed by atoms with E-state index >= 15 is 0 Å². The van der Waals surface area contributed by atoms with Gasteiger partial charge in [-0.15, -0.1) is 0 Å². The van der Waals surface area contributed by atoms with Gasteiger partial charge in [0, 0.05) is 35.4 Å². The first-order valence-corrected chi connectivity index (χ1v) is 11.5. The molecule has 188 valence electrons. The molecular formula is C27H24F3NO5. The molecule has 0 spiro atoms. The predicted molar refractivity (Wildman–Crippen MR) is 124 cm³/mol. The Morgan fingerprint density at radius 3 is 2.61 bits per heavy atom. The monoisotopic (exact) mass is 499 g/mol. The quantitative estimate of drug-likeness (QED) is 0.395. The van der Waals surface area contributed by atoms with E-state index in [2.05, 4.69) is 4.98 Å². The van der Waals surface area contributed by atoms with E-state index in [9.17, 15) is 18.0 Å². The van der Waals surface area contributed by atoms with Crippen molar-refractivity contribution in [3.05, 3.63) is 70.9 Å². The third-order valence-corrected chi connectivity index (χ3v) is 6.68. The van der Waals surface area contributed by atoms with Crippen molar-refractivity contribution in [1.82, 2.24) is 4.98 Å². The topological polar surface area (TPSA) is 66.9 Å².